The molecule has 1 heterocycles. The largest absolute Gasteiger partial charge is 0.363 e. The molecule has 0 aliphatic carbocycles. The third-order valence-corrected chi connectivity index (χ3v) is 3.75. The van der Waals surface area contributed by atoms with E-state index in [1.165, 1.54) is 4.68 Å². The predicted octanol–water partition coefficient (Wildman–Crippen LogP) is 2.95. The van der Waals surface area contributed by atoms with E-state index in [4.69, 9.17) is 12.2 Å². The van der Waals surface area contributed by atoms with Crippen molar-refractivity contribution in [1.29, 1.82) is 0 Å². The van der Waals surface area contributed by atoms with Crippen molar-refractivity contribution in [3.05, 3.63) is 52.8 Å². The molecular formula is C19H26N4OS. The molecule has 0 aliphatic rings. The van der Waals surface area contributed by atoms with Crippen molar-refractivity contribution in [2.75, 3.05) is 6.54 Å². The summed E-state index contributed by atoms with van der Waals surface area (Å²) in [6, 6.07) is 13.2. The van der Waals surface area contributed by atoms with Crippen molar-refractivity contribution in [2.24, 2.45) is 0 Å². The van der Waals surface area contributed by atoms with Gasteiger partial charge < -0.3 is 10.6 Å². The van der Waals surface area contributed by atoms with Crippen molar-refractivity contribution in [3.63, 3.8) is 0 Å². The molecule has 0 spiro atoms. The molecule has 0 fully saturated rings. The molecule has 0 saturated heterocycles. The summed E-state index contributed by atoms with van der Waals surface area (Å²) in [6.07, 6.45) is 1.77. The van der Waals surface area contributed by atoms with E-state index in [1.54, 1.807) is 12.1 Å². The Labute approximate surface area is 154 Å². The summed E-state index contributed by atoms with van der Waals surface area (Å²) in [5.41, 5.74) is 1.71. The summed E-state index contributed by atoms with van der Waals surface area (Å²) in [4.78, 5) is 12.0. The third-order valence-electron chi connectivity index (χ3n) is 3.51. The van der Waals surface area contributed by atoms with Crippen LogP contribution in [0.2, 0.25) is 0 Å². The first-order valence-corrected chi connectivity index (χ1v) is 8.95. The quantitative estimate of drug-likeness (QED) is 0.614. The van der Waals surface area contributed by atoms with E-state index in [2.05, 4.69) is 36.5 Å². The minimum atomic E-state index is -0.0717. The average molecular weight is 359 g/mol. The van der Waals surface area contributed by atoms with Gasteiger partial charge in [0.1, 0.15) is 0 Å². The monoisotopic (exact) mass is 358 g/mol. The number of aryl methyl sites for hydroxylation is 1. The summed E-state index contributed by atoms with van der Waals surface area (Å²) < 4.78 is 1.54. The second kappa shape index (κ2) is 8.76. The van der Waals surface area contributed by atoms with Crippen LogP contribution in [0.15, 0.2) is 47.3 Å². The highest BCUT2D eigenvalue weighted by Gasteiger charge is 2.10. The number of unbranched alkanes of at least 4 members (excludes halogenated alkanes) is 1. The lowest BCUT2D eigenvalue weighted by molar-refractivity contribution is 0.501. The third kappa shape index (κ3) is 6.66. The predicted molar refractivity (Wildman–Crippen MR) is 107 cm³/mol. The van der Waals surface area contributed by atoms with Gasteiger partial charge in [-0.3, -0.25) is 4.79 Å². The van der Waals surface area contributed by atoms with Crippen LogP contribution >= 0.6 is 12.2 Å². The Balaban J connectivity index is 1.83. The molecule has 0 atom stereocenters. The molecule has 1 aromatic heterocycles. The van der Waals surface area contributed by atoms with Crippen LogP contribution in [0, 0.1) is 0 Å². The molecule has 25 heavy (non-hydrogen) atoms. The topological polar surface area (TPSA) is 58.9 Å². The van der Waals surface area contributed by atoms with Crippen LogP contribution in [0.4, 0.5) is 0 Å². The van der Waals surface area contributed by atoms with Crippen molar-refractivity contribution < 1.29 is 0 Å². The van der Waals surface area contributed by atoms with E-state index in [9.17, 15) is 4.79 Å². The van der Waals surface area contributed by atoms with Gasteiger partial charge in [-0.1, -0.05) is 30.3 Å². The number of nitrogens with zero attached hydrogens (tertiary/aromatic N) is 2. The van der Waals surface area contributed by atoms with E-state index >= 15 is 0 Å². The zero-order valence-corrected chi connectivity index (χ0v) is 15.9. The highest BCUT2D eigenvalue weighted by Crippen LogP contribution is 2.14. The minimum Gasteiger partial charge on any atom is -0.363 e. The lowest BCUT2D eigenvalue weighted by Crippen LogP contribution is -2.46. The van der Waals surface area contributed by atoms with Crippen LogP contribution in [0.25, 0.3) is 11.3 Å². The number of aromatic nitrogens is 2. The molecule has 2 aromatic rings. The minimum absolute atomic E-state index is 0.0425. The fourth-order valence-corrected chi connectivity index (χ4v) is 2.75. The van der Waals surface area contributed by atoms with Crippen LogP contribution in [-0.2, 0) is 6.54 Å². The molecule has 2 rings (SSSR count). The summed E-state index contributed by atoms with van der Waals surface area (Å²) in [7, 11) is 0. The van der Waals surface area contributed by atoms with Gasteiger partial charge in [-0.05, 0) is 51.9 Å². The lowest BCUT2D eigenvalue weighted by Gasteiger charge is -2.23. The van der Waals surface area contributed by atoms with Crippen molar-refractivity contribution in [2.45, 2.75) is 45.7 Å². The Hall–Kier alpha value is -2.21. The summed E-state index contributed by atoms with van der Waals surface area (Å²) in [5.74, 6) is 0. The molecule has 0 amide bonds. The van der Waals surface area contributed by atoms with Gasteiger partial charge in [0.2, 0.25) is 0 Å². The van der Waals surface area contributed by atoms with E-state index in [0.29, 0.717) is 11.7 Å². The highest BCUT2D eigenvalue weighted by molar-refractivity contribution is 7.80. The first kappa shape index (κ1) is 19.1. The van der Waals surface area contributed by atoms with Gasteiger partial charge >= 0.3 is 0 Å². The Kier molecular flexibility index (Phi) is 6.70. The first-order valence-electron chi connectivity index (χ1n) is 8.55. The second-order valence-electron chi connectivity index (χ2n) is 6.98. The Morgan fingerprint density at radius 1 is 1.12 bits per heavy atom. The molecular weight excluding hydrogens is 332 g/mol. The first-order chi connectivity index (χ1) is 11.8. The van der Waals surface area contributed by atoms with Crippen LogP contribution in [0.3, 0.4) is 0 Å². The Bertz CT molecular complexity index is 750. The molecule has 0 saturated carbocycles. The molecule has 6 heteroatoms. The van der Waals surface area contributed by atoms with Gasteiger partial charge in [0, 0.05) is 30.3 Å². The van der Waals surface area contributed by atoms with Gasteiger partial charge in [0.25, 0.3) is 5.56 Å². The van der Waals surface area contributed by atoms with E-state index in [-0.39, 0.29) is 11.1 Å². The molecule has 0 aliphatic heterocycles. The molecule has 0 unspecified atom stereocenters. The van der Waals surface area contributed by atoms with E-state index in [0.717, 1.165) is 30.6 Å². The fourth-order valence-electron chi connectivity index (χ4n) is 2.35. The van der Waals surface area contributed by atoms with E-state index < -0.39 is 0 Å². The Morgan fingerprint density at radius 3 is 2.52 bits per heavy atom. The maximum absolute atomic E-state index is 12.0. The molecule has 134 valence electrons. The molecule has 5 nitrogen and oxygen atoms in total. The number of hydrogen-bond donors (Lipinski definition) is 2. The highest BCUT2D eigenvalue weighted by atomic mass is 32.1. The van der Waals surface area contributed by atoms with Crippen molar-refractivity contribution in [3.8, 4) is 11.3 Å². The number of benzene rings is 1. The van der Waals surface area contributed by atoms with Crippen LogP contribution in [-0.4, -0.2) is 27.0 Å². The van der Waals surface area contributed by atoms with Gasteiger partial charge in [0.05, 0.1) is 5.69 Å². The van der Waals surface area contributed by atoms with Crippen LogP contribution < -0.4 is 16.2 Å². The van der Waals surface area contributed by atoms with Crippen molar-refractivity contribution in [1.82, 2.24) is 20.4 Å². The average Bonchev–Trinajstić information content (AvgIpc) is 2.55. The number of nitrogens with one attached hydrogen (secondary N) is 2. The summed E-state index contributed by atoms with van der Waals surface area (Å²) in [6.45, 7) is 7.58. The number of thiocarbonyl (C=S) groups is 1. The van der Waals surface area contributed by atoms with Gasteiger partial charge in [-0.15, -0.1) is 0 Å². The summed E-state index contributed by atoms with van der Waals surface area (Å²) >= 11 is 5.25. The molecule has 2 N–H and O–H groups in total. The molecule has 0 bridgehead atoms. The lowest BCUT2D eigenvalue weighted by atomic mass is 10.1. The Morgan fingerprint density at radius 2 is 1.84 bits per heavy atom. The SMILES string of the molecule is CC(C)(C)NC(=S)NCCCCn1nc(-c2ccccc2)ccc1=O. The number of rotatable bonds is 6. The van der Waals surface area contributed by atoms with Crippen LogP contribution in [0.5, 0.6) is 0 Å². The fraction of sp³-hybridized carbons (Fsp3) is 0.421. The zero-order chi connectivity index (χ0) is 18.3. The van der Waals surface area contributed by atoms with E-state index in [1.807, 2.05) is 30.3 Å². The maximum Gasteiger partial charge on any atom is 0.266 e. The maximum atomic E-state index is 12.0. The normalized spacial score (nSPS) is 11.2. The van der Waals surface area contributed by atoms with Crippen molar-refractivity contribution >= 4 is 17.3 Å². The molecule has 0 radical (unpaired) electrons. The zero-order valence-electron chi connectivity index (χ0n) is 15.1. The van der Waals surface area contributed by atoms with Crippen LogP contribution in [0.1, 0.15) is 33.6 Å². The second-order valence-corrected chi connectivity index (χ2v) is 7.39. The standard InChI is InChI=1S/C19H26N4OS/c1-19(2,3)21-18(25)20-13-7-8-14-23-17(24)12-11-16(22-23)15-9-5-4-6-10-15/h4-6,9-12H,7-8,13-14H2,1-3H3,(H2,20,21,25). The van der Waals surface area contributed by atoms with Gasteiger partial charge in [-0.2, -0.15) is 5.10 Å². The smallest absolute Gasteiger partial charge is 0.266 e. The summed E-state index contributed by atoms with van der Waals surface area (Å²) in [5, 5.41) is 11.5. The number of hydrogen-bond acceptors (Lipinski definition) is 3. The van der Waals surface area contributed by atoms with Gasteiger partial charge in [0.15, 0.2) is 5.11 Å². The molecule has 1 aromatic carbocycles. The van der Waals surface area contributed by atoms with Gasteiger partial charge in [-0.25, -0.2) is 4.68 Å².